The zero-order valence-electron chi connectivity index (χ0n) is 14.2. The van der Waals surface area contributed by atoms with E-state index in [0.717, 1.165) is 22.6 Å². The number of amides is 1. The quantitative estimate of drug-likeness (QED) is 0.432. The van der Waals surface area contributed by atoms with Gasteiger partial charge in [-0.1, -0.05) is 0 Å². The second kappa shape index (κ2) is 7.06. The molecular weight excluding hydrogens is 336 g/mol. The Bertz CT molecular complexity index is 970. The van der Waals surface area contributed by atoms with Gasteiger partial charge in [0.25, 0.3) is 5.69 Å². The number of nitrogens with one attached hydrogen (secondary N) is 1. The van der Waals surface area contributed by atoms with E-state index in [1.54, 1.807) is 30.5 Å². The molecule has 26 heavy (non-hydrogen) atoms. The minimum atomic E-state index is -0.435. The van der Waals surface area contributed by atoms with Crippen LogP contribution < -0.4 is 5.43 Å². The molecule has 0 bridgehead atoms. The third-order valence-electron chi connectivity index (χ3n) is 3.90. The molecule has 1 aromatic carbocycles. The van der Waals surface area contributed by atoms with Gasteiger partial charge in [0.05, 0.1) is 17.4 Å². The standard InChI is InChI=1S/C18H16N4O4/c1-12-10-14(11-19-20-18(23)17-4-3-9-26-17)13(2)21(12)15-5-7-16(8-6-15)22(24)25/h3-11H,1-2H3,(H,20,23)/b19-11+. The molecule has 0 radical (unpaired) electrons. The number of nitrogens with zero attached hydrogens (tertiary/aromatic N) is 3. The molecule has 1 amide bonds. The van der Waals surface area contributed by atoms with E-state index < -0.39 is 10.8 Å². The van der Waals surface area contributed by atoms with Crippen LogP contribution in [-0.4, -0.2) is 21.6 Å². The maximum Gasteiger partial charge on any atom is 0.307 e. The van der Waals surface area contributed by atoms with Crippen LogP contribution in [0, 0.1) is 24.0 Å². The molecule has 3 aromatic rings. The third kappa shape index (κ3) is 3.39. The first-order valence-corrected chi connectivity index (χ1v) is 7.78. The molecule has 0 aliphatic carbocycles. The van der Waals surface area contributed by atoms with Crippen molar-refractivity contribution in [3.63, 3.8) is 0 Å². The maximum absolute atomic E-state index is 11.8. The zero-order chi connectivity index (χ0) is 18.7. The molecule has 0 atom stereocenters. The summed E-state index contributed by atoms with van der Waals surface area (Å²) in [5.41, 5.74) is 5.91. The van der Waals surface area contributed by atoms with E-state index in [1.165, 1.54) is 18.4 Å². The predicted octanol–water partition coefficient (Wildman–Crippen LogP) is 3.36. The lowest BCUT2D eigenvalue weighted by atomic mass is 10.2. The molecule has 3 rings (SSSR count). The number of rotatable bonds is 5. The third-order valence-corrected chi connectivity index (χ3v) is 3.90. The van der Waals surface area contributed by atoms with Gasteiger partial charge >= 0.3 is 5.91 Å². The SMILES string of the molecule is Cc1cc(/C=N/NC(=O)c2ccco2)c(C)n1-c1ccc([N+](=O)[O-])cc1. The molecule has 8 nitrogen and oxygen atoms in total. The van der Waals surface area contributed by atoms with Crippen LogP contribution in [0.5, 0.6) is 0 Å². The normalized spacial score (nSPS) is 11.0. The van der Waals surface area contributed by atoms with Gasteiger partial charge in [-0.25, -0.2) is 5.43 Å². The molecule has 0 spiro atoms. The van der Waals surface area contributed by atoms with Crippen LogP contribution in [0.4, 0.5) is 5.69 Å². The van der Waals surface area contributed by atoms with Crippen molar-refractivity contribution in [2.75, 3.05) is 0 Å². The number of hydrogen-bond donors (Lipinski definition) is 1. The number of aryl methyl sites for hydroxylation is 1. The molecule has 8 heteroatoms. The largest absolute Gasteiger partial charge is 0.459 e. The van der Waals surface area contributed by atoms with E-state index in [4.69, 9.17) is 4.42 Å². The van der Waals surface area contributed by atoms with Crippen molar-refractivity contribution in [1.29, 1.82) is 0 Å². The van der Waals surface area contributed by atoms with E-state index in [9.17, 15) is 14.9 Å². The number of aromatic nitrogens is 1. The lowest BCUT2D eigenvalue weighted by molar-refractivity contribution is -0.384. The lowest BCUT2D eigenvalue weighted by Gasteiger charge is -2.09. The summed E-state index contributed by atoms with van der Waals surface area (Å²) in [5, 5.41) is 14.7. The first-order valence-electron chi connectivity index (χ1n) is 7.78. The fraction of sp³-hybridized carbons (Fsp3) is 0.111. The van der Waals surface area contributed by atoms with E-state index in [0.29, 0.717) is 0 Å². The van der Waals surface area contributed by atoms with Crippen molar-refractivity contribution < 1.29 is 14.1 Å². The fourth-order valence-corrected chi connectivity index (χ4v) is 2.66. The Hall–Kier alpha value is -3.68. The highest BCUT2D eigenvalue weighted by Crippen LogP contribution is 2.22. The summed E-state index contributed by atoms with van der Waals surface area (Å²) < 4.78 is 6.95. The Morgan fingerprint density at radius 3 is 2.62 bits per heavy atom. The highest BCUT2D eigenvalue weighted by molar-refractivity contribution is 5.92. The summed E-state index contributed by atoms with van der Waals surface area (Å²) in [6.45, 7) is 3.83. The minimum absolute atomic E-state index is 0.0404. The Kier molecular flexibility index (Phi) is 4.66. The van der Waals surface area contributed by atoms with E-state index in [-0.39, 0.29) is 11.4 Å². The van der Waals surface area contributed by atoms with Crippen LogP contribution in [0.3, 0.4) is 0 Å². The Morgan fingerprint density at radius 2 is 2.00 bits per heavy atom. The van der Waals surface area contributed by atoms with E-state index in [2.05, 4.69) is 10.5 Å². The monoisotopic (exact) mass is 352 g/mol. The van der Waals surface area contributed by atoms with E-state index >= 15 is 0 Å². The average Bonchev–Trinajstić information content (AvgIpc) is 3.24. The van der Waals surface area contributed by atoms with Crippen molar-refractivity contribution in [1.82, 2.24) is 9.99 Å². The molecule has 2 aromatic heterocycles. The maximum atomic E-state index is 11.8. The molecule has 0 saturated carbocycles. The first kappa shape index (κ1) is 17.2. The van der Waals surface area contributed by atoms with Crippen molar-refractivity contribution >= 4 is 17.8 Å². The van der Waals surface area contributed by atoms with Gasteiger partial charge in [0.15, 0.2) is 5.76 Å². The molecule has 0 saturated heterocycles. The van der Waals surface area contributed by atoms with Gasteiger partial charge in [-0.15, -0.1) is 0 Å². The molecule has 0 fully saturated rings. The summed E-state index contributed by atoms with van der Waals surface area (Å²) in [4.78, 5) is 22.1. The van der Waals surface area contributed by atoms with Gasteiger partial charge in [0.1, 0.15) is 0 Å². The van der Waals surface area contributed by atoms with Crippen LogP contribution in [0.15, 0.2) is 58.2 Å². The van der Waals surface area contributed by atoms with Crippen molar-refractivity contribution in [3.05, 3.63) is 81.6 Å². The van der Waals surface area contributed by atoms with Gasteiger partial charge in [-0.2, -0.15) is 5.10 Å². The van der Waals surface area contributed by atoms with Crippen LogP contribution in [0.1, 0.15) is 27.5 Å². The number of benzene rings is 1. The summed E-state index contributed by atoms with van der Waals surface area (Å²) in [5.74, 6) is -0.256. The summed E-state index contributed by atoms with van der Waals surface area (Å²) >= 11 is 0. The zero-order valence-corrected chi connectivity index (χ0v) is 14.2. The topological polar surface area (TPSA) is 103 Å². The predicted molar refractivity (Wildman–Crippen MR) is 95.7 cm³/mol. The molecule has 0 aliphatic rings. The number of hydrazone groups is 1. The minimum Gasteiger partial charge on any atom is -0.459 e. The number of hydrogen-bond acceptors (Lipinski definition) is 5. The molecular formula is C18H16N4O4. The number of carbonyl (C=O) groups is 1. The Balaban J connectivity index is 1.80. The van der Waals surface area contributed by atoms with Gasteiger partial charge in [0, 0.05) is 34.8 Å². The van der Waals surface area contributed by atoms with Crippen LogP contribution in [0.2, 0.25) is 0 Å². The fourth-order valence-electron chi connectivity index (χ4n) is 2.66. The van der Waals surface area contributed by atoms with Gasteiger partial charge in [0.2, 0.25) is 0 Å². The van der Waals surface area contributed by atoms with Crippen molar-refractivity contribution in [2.24, 2.45) is 5.10 Å². The van der Waals surface area contributed by atoms with Crippen LogP contribution in [-0.2, 0) is 0 Å². The highest BCUT2D eigenvalue weighted by atomic mass is 16.6. The summed E-state index contributed by atoms with van der Waals surface area (Å²) in [7, 11) is 0. The highest BCUT2D eigenvalue weighted by Gasteiger charge is 2.12. The molecule has 0 aliphatic heterocycles. The molecule has 132 valence electrons. The van der Waals surface area contributed by atoms with Gasteiger partial charge in [-0.3, -0.25) is 14.9 Å². The second-order valence-corrected chi connectivity index (χ2v) is 5.61. The lowest BCUT2D eigenvalue weighted by Crippen LogP contribution is -2.16. The van der Waals surface area contributed by atoms with Crippen molar-refractivity contribution in [2.45, 2.75) is 13.8 Å². The summed E-state index contributed by atoms with van der Waals surface area (Å²) in [6.07, 6.45) is 2.96. The number of furan rings is 1. The Morgan fingerprint density at radius 1 is 1.27 bits per heavy atom. The average molecular weight is 352 g/mol. The number of nitro benzene ring substituents is 1. The van der Waals surface area contributed by atoms with Gasteiger partial charge < -0.3 is 8.98 Å². The number of non-ortho nitro benzene ring substituents is 1. The first-order chi connectivity index (χ1) is 12.5. The Labute approximate surface area is 148 Å². The summed E-state index contributed by atoms with van der Waals surface area (Å²) in [6, 6.07) is 11.4. The number of carbonyl (C=O) groups excluding carboxylic acids is 1. The molecule has 0 unspecified atom stereocenters. The van der Waals surface area contributed by atoms with Crippen LogP contribution >= 0.6 is 0 Å². The van der Waals surface area contributed by atoms with Crippen molar-refractivity contribution in [3.8, 4) is 5.69 Å². The van der Waals surface area contributed by atoms with E-state index in [1.807, 2.05) is 24.5 Å². The number of nitro groups is 1. The molecule has 2 heterocycles. The van der Waals surface area contributed by atoms with Crippen LogP contribution in [0.25, 0.3) is 5.69 Å². The second-order valence-electron chi connectivity index (χ2n) is 5.61. The molecule has 1 N–H and O–H groups in total. The smallest absolute Gasteiger partial charge is 0.307 e. The van der Waals surface area contributed by atoms with Gasteiger partial charge in [-0.05, 0) is 44.2 Å².